The second-order valence-corrected chi connectivity index (χ2v) is 5.13. The summed E-state index contributed by atoms with van der Waals surface area (Å²) in [4.78, 5) is 12.1. The Morgan fingerprint density at radius 1 is 1.30 bits per heavy atom. The van der Waals surface area contributed by atoms with Gasteiger partial charge in [0.1, 0.15) is 0 Å². The molecule has 2 aromatic rings. The van der Waals surface area contributed by atoms with Crippen molar-refractivity contribution in [3.8, 4) is 0 Å². The number of carbonyl (C=O) groups excluding carboxylic acids is 1. The molecule has 0 radical (unpaired) electrons. The zero-order chi connectivity index (χ0) is 13.9. The normalized spacial score (nSPS) is 13.2. The van der Waals surface area contributed by atoms with Gasteiger partial charge in [0.2, 0.25) is 0 Å². The Morgan fingerprint density at radius 2 is 2.10 bits per heavy atom. The lowest BCUT2D eigenvalue weighted by Gasteiger charge is -2.05. The number of fused-ring (bicyclic) bond motifs is 1. The van der Waals surface area contributed by atoms with Gasteiger partial charge in [0.05, 0.1) is 0 Å². The van der Waals surface area contributed by atoms with Gasteiger partial charge in [0.25, 0.3) is 5.91 Å². The summed E-state index contributed by atoms with van der Waals surface area (Å²) >= 11 is 0. The summed E-state index contributed by atoms with van der Waals surface area (Å²) in [6, 6.07) is 7.71. The molecule has 5 heteroatoms. The highest BCUT2D eigenvalue weighted by atomic mass is 16.1. The topological polar surface area (TPSA) is 83.8 Å². The molecule has 1 aromatic heterocycles. The van der Waals surface area contributed by atoms with Crippen molar-refractivity contribution < 1.29 is 4.79 Å². The molecule has 4 N–H and O–H groups in total. The number of carbonyl (C=O) groups is 1. The highest BCUT2D eigenvalue weighted by Gasteiger charge is 2.22. The largest absolute Gasteiger partial charge is 0.399 e. The quantitative estimate of drug-likeness (QED) is 0.735. The van der Waals surface area contributed by atoms with E-state index >= 15 is 0 Å². The fourth-order valence-corrected chi connectivity index (χ4v) is 2.60. The van der Waals surface area contributed by atoms with Crippen molar-refractivity contribution in [3.05, 3.63) is 46.8 Å². The number of nitrogens with zero attached hydrogens (tertiary/aromatic N) is 1. The third-order valence-corrected chi connectivity index (χ3v) is 3.70. The van der Waals surface area contributed by atoms with Gasteiger partial charge in [-0.15, -0.1) is 0 Å². The van der Waals surface area contributed by atoms with Gasteiger partial charge >= 0.3 is 0 Å². The van der Waals surface area contributed by atoms with Crippen LogP contribution in [-0.4, -0.2) is 22.6 Å². The third-order valence-electron chi connectivity index (χ3n) is 3.70. The van der Waals surface area contributed by atoms with Crippen LogP contribution in [0, 0.1) is 0 Å². The lowest BCUT2D eigenvalue weighted by molar-refractivity contribution is 0.0948. The molecule has 1 aromatic carbocycles. The number of aryl methyl sites for hydroxylation is 1. The van der Waals surface area contributed by atoms with E-state index in [2.05, 4.69) is 15.5 Å². The molecule has 1 heterocycles. The third kappa shape index (κ3) is 2.52. The minimum atomic E-state index is -0.0835. The van der Waals surface area contributed by atoms with Gasteiger partial charge in [-0.3, -0.25) is 9.89 Å². The first-order valence-corrected chi connectivity index (χ1v) is 6.93. The van der Waals surface area contributed by atoms with Gasteiger partial charge < -0.3 is 11.1 Å². The molecule has 1 aliphatic carbocycles. The Hall–Kier alpha value is -2.30. The van der Waals surface area contributed by atoms with Crippen molar-refractivity contribution in [2.45, 2.75) is 25.7 Å². The lowest BCUT2D eigenvalue weighted by atomic mass is 10.1. The Labute approximate surface area is 117 Å². The van der Waals surface area contributed by atoms with E-state index in [1.807, 2.05) is 24.3 Å². The molecular weight excluding hydrogens is 252 g/mol. The minimum absolute atomic E-state index is 0.0835. The van der Waals surface area contributed by atoms with E-state index in [0.717, 1.165) is 48.2 Å². The summed E-state index contributed by atoms with van der Waals surface area (Å²) in [6.45, 7) is 0.602. The summed E-state index contributed by atoms with van der Waals surface area (Å²) in [5.41, 5.74) is 10.3. The van der Waals surface area contributed by atoms with Crippen LogP contribution in [0.25, 0.3) is 0 Å². The number of nitrogens with two attached hydrogens (primary N) is 1. The predicted octanol–water partition coefficient (Wildman–Crippen LogP) is 1.45. The molecule has 0 spiro atoms. The van der Waals surface area contributed by atoms with E-state index in [1.165, 1.54) is 0 Å². The molecule has 20 heavy (non-hydrogen) atoms. The van der Waals surface area contributed by atoms with Crippen LogP contribution in [0.3, 0.4) is 0 Å². The Balaban J connectivity index is 1.55. The van der Waals surface area contributed by atoms with Gasteiger partial charge in [-0.25, -0.2) is 0 Å². The van der Waals surface area contributed by atoms with E-state index in [4.69, 9.17) is 5.73 Å². The number of aromatic nitrogens is 2. The van der Waals surface area contributed by atoms with Gasteiger partial charge in [-0.1, -0.05) is 12.1 Å². The van der Waals surface area contributed by atoms with Crippen LogP contribution in [0.5, 0.6) is 0 Å². The Bertz CT molecular complexity index is 615. The number of rotatable bonds is 4. The molecule has 0 unspecified atom stereocenters. The molecule has 0 bridgehead atoms. The van der Waals surface area contributed by atoms with Gasteiger partial charge in [0.15, 0.2) is 5.69 Å². The van der Waals surface area contributed by atoms with Crippen molar-refractivity contribution in [3.63, 3.8) is 0 Å². The minimum Gasteiger partial charge on any atom is -0.399 e. The molecule has 1 amide bonds. The molecular formula is C15H18N4O. The van der Waals surface area contributed by atoms with E-state index in [9.17, 15) is 4.79 Å². The summed E-state index contributed by atoms with van der Waals surface area (Å²) in [5, 5.41) is 10.0. The highest BCUT2D eigenvalue weighted by Crippen LogP contribution is 2.22. The van der Waals surface area contributed by atoms with Crippen LogP contribution in [0.15, 0.2) is 24.3 Å². The fraction of sp³-hybridized carbons (Fsp3) is 0.333. The number of nitrogen functional groups attached to an aromatic ring is 1. The van der Waals surface area contributed by atoms with Crippen molar-refractivity contribution in [1.29, 1.82) is 0 Å². The molecule has 0 atom stereocenters. The van der Waals surface area contributed by atoms with Crippen LogP contribution < -0.4 is 11.1 Å². The van der Waals surface area contributed by atoms with Crippen molar-refractivity contribution in [2.24, 2.45) is 0 Å². The standard InChI is InChI=1S/C15H18N4O/c16-11-6-4-10(5-7-11)8-9-17-15(20)14-12-2-1-3-13(12)18-19-14/h4-7H,1-3,8-9,16H2,(H,17,20)(H,18,19). The number of nitrogens with one attached hydrogen (secondary N) is 2. The van der Waals surface area contributed by atoms with Crippen LogP contribution in [0.4, 0.5) is 5.69 Å². The molecule has 0 saturated carbocycles. The second kappa shape index (κ2) is 5.36. The van der Waals surface area contributed by atoms with Crippen LogP contribution >= 0.6 is 0 Å². The number of hydrogen-bond donors (Lipinski definition) is 3. The second-order valence-electron chi connectivity index (χ2n) is 5.13. The Kier molecular flexibility index (Phi) is 3.41. The van der Waals surface area contributed by atoms with Crippen LogP contribution in [0.2, 0.25) is 0 Å². The number of amides is 1. The molecule has 3 rings (SSSR count). The summed E-state index contributed by atoms with van der Waals surface area (Å²) in [5.74, 6) is -0.0835. The Morgan fingerprint density at radius 3 is 2.90 bits per heavy atom. The van der Waals surface area contributed by atoms with Crippen LogP contribution in [0.1, 0.15) is 33.7 Å². The zero-order valence-corrected chi connectivity index (χ0v) is 11.3. The summed E-state index contributed by atoms with van der Waals surface area (Å²) in [7, 11) is 0. The van der Waals surface area contributed by atoms with E-state index < -0.39 is 0 Å². The number of hydrogen-bond acceptors (Lipinski definition) is 3. The van der Waals surface area contributed by atoms with Crippen molar-refractivity contribution in [2.75, 3.05) is 12.3 Å². The maximum atomic E-state index is 12.1. The van der Waals surface area contributed by atoms with Gasteiger partial charge in [-0.05, 0) is 43.4 Å². The summed E-state index contributed by atoms with van der Waals surface area (Å²) < 4.78 is 0. The summed E-state index contributed by atoms with van der Waals surface area (Å²) in [6.07, 6.45) is 3.85. The first kappa shape index (κ1) is 12.7. The SMILES string of the molecule is Nc1ccc(CCNC(=O)c2n[nH]c3c2CCC3)cc1. The molecule has 1 aliphatic rings. The van der Waals surface area contributed by atoms with Crippen molar-refractivity contribution >= 4 is 11.6 Å². The number of benzene rings is 1. The lowest BCUT2D eigenvalue weighted by Crippen LogP contribution is -2.26. The van der Waals surface area contributed by atoms with E-state index in [1.54, 1.807) is 0 Å². The molecule has 0 aliphatic heterocycles. The number of anilines is 1. The number of aromatic amines is 1. The smallest absolute Gasteiger partial charge is 0.272 e. The maximum absolute atomic E-state index is 12.1. The monoisotopic (exact) mass is 270 g/mol. The number of H-pyrrole nitrogens is 1. The highest BCUT2D eigenvalue weighted by molar-refractivity contribution is 5.94. The van der Waals surface area contributed by atoms with Gasteiger partial charge in [0, 0.05) is 23.5 Å². The first-order valence-electron chi connectivity index (χ1n) is 6.93. The molecule has 0 saturated heterocycles. The maximum Gasteiger partial charge on any atom is 0.272 e. The molecule has 104 valence electrons. The average molecular weight is 270 g/mol. The van der Waals surface area contributed by atoms with Gasteiger partial charge in [-0.2, -0.15) is 5.10 Å². The molecule has 5 nitrogen and oxygen atoms in total. The predicted molar refractivity (Wildman–Crippen MR) is 77.5 cm³/mol. The fourth-order valence-electron chi connectivity index (χ4n) is 2.60. The van der Waals surface area contributed by atoms with E-state index in [0.29, 0.717) is 12.2 Å². The first-order chi connectivity index (χ1) is 9.74. The van der Waals surface area contributed by atoms with Crippen molar-refractivity contribution in [1.82, 2.24) is 15.5 Å². The zero-order valence-electron chi connectivity index (χ0n) is 11.3. The van der Waals surface area contributed by atoms with E-state index in [-0.39, 0.29) is 5.91 Å². The average Bonchev–Trinajstić information content (AvgIpc) is 3.03. The van der Waals surface area contributed by atoms with Crippen LogP contribution in [-0.2, 0) is 19.3 Å². The molecule has 0 fully saturated rings.